The molecule has 1 heterocycles. The quantitative estimate of drug-likeness (QED) is 0.781. The first-order valence-corrected chi connectivity index (χ1v) is 7.17. The Kier molecular flexibility index (Phi) is 4.07. The molecule has 0 aliphatic heterocycles. The van der Waals surface area contributed by atoms with Crippen molar-refractivity contribution in [2.45, 2.75) is 20.4 Å². The highest BCUT2D eigenvalue weighted by Crippen LogP contribution is 2.15. The Morgan fingerprint density at radius 3 is 2.50 bits per heavy atom. The summed E-state index contributed by atoms with van der Waals surface area (Å²) >= 11 is 6.67. The van der Waals surface area contributed by atoms with E-state index in [0.717, 1.165) is 10.0 Å². The van der Waals surface area contributed by atoms with Crippen LogP contribution >= 0.6 is 31.9 Å². The lowest BCUT2D eigenvalue weighted by Crippen LogP contribution is -2.20. The fourth-order valence-electron chi connectivity index (χ4n) is 1.78. The average molecular weight is 371 g/mol. The van der Waals surface area contributed by atoms with Crippen molar-refractivity contribution in [3.8, 4) is 0 Å². The molecule has 0 bridgehead atoms. The van der Waals surface area contributed by atoms with E-state index in [1.165, 1.54) is 11.1 Å². The van der Waals surface area contributed by atoms with Gasteiger partial charge in [0.05, 0.1) is 11.0 Å². The van der Waals surface area contributed by atoms with Gasteiger partial charge < -0.3 is 4.57 Å². The summed E-state index contributed by atoms with van der Waals surface area (Å²) in [5.41, 5.74) is 3.62. The minimum Gasteiger partial charge on any atom is -0.309 e. The van der Waals surface area contributed by atoms with Crippen molar-refractivity contribution >= 4 is 31.9 Å². The Labute approximate surface area is 123 Å². The second-order valence-electron chi connectivity index (χ2n) is 4.36. The number of pyridine rings is 1. The van der Waals surface area contributed by atoms with Gasteiger partial charge >= 0.3 is 0 Å². The Hall–Kier alpha value is -0.870. The maximum Gasteiger partial charge on any atom is 0.265 e. The molecular formula is C14H13Br2NO. The molecule has 0 unspecified atom stereocenters. The highest BCUT2D eigenvalue weighted by Gasteiger charge is 2.04. The third-order valence-electron chi connectivity index (χ3n) is 2.93. The van der Waals surface area contributed by atoms with Crippen molar-refractivity contribution in [3.63, 3.8) is 0 Å². The number of hydrogen-bond acceptors (Lipinski definition) is 1. The second-order valence-corrected chi connectivity index (χ2v) is 6.13. The van der Waals surface area contributed by atoms with Gasteiger partial charge in [0.25, 0.3) is 5.56 Å². The number of benzene rings is 1. The monoisotopic (exact) mass is 369 g/mol. The molecule has 0 fully saturated rings. The molecule has 0 N–H and O–H groups in total. The summed E-state index contributed by atoms with van der Waals surface area (Å²) in [4.78, 5) is 12.0. The fraction of sp³-hybridized carbons (Fsp3) is 0.214. The standard InChI is InChI=1S/C14H13Br2NO/c1-9-3-4-11(5-10(9)2)7-17-8-12(15)6-13(16)14(17)18/h3-6,8H,7H2,1-2H3. The predicted octanol–water partition coefficient (Wildman–Crippen LogP) is 4.04. The summed E-state index contributed by atoms with van der Waals surface area (Å²) in [6, 6.07) is 8.03. The van der Waals surface area contributed by atoms with Crippen LogP contribution in [0.5, 0.6) is 0 Å². The van der Waals surface area contributed by atoms with Crippen molar-refractivity contribution < 1.29 is 0 Å². The molecule has 4 heteroatoms. The van der Waals surface area contributed by atoms with E-state index in [2.05, 4.69) is 63.9 Å². The maximum atomic E-state index is 12.0. The van der Waals surface area contributed by atoms with Crippen LogP contribution in [0.4, 0.5) is 0 Å². The van der Waals surface area contributed by atoms with Crippen molar-refractivity contribution in [1.29, 1.82) is 0 Å². The van der Waals surface area contributed by atoms with Gasteiger partial charge in [-0.25, -0.2) is 0 Å². The van der Waals surface area contributed by atoms with Crippen molar-refractivity contribution in [2.75, 3.05) is 0 Å². The van der Waals surface area contributed by atoms with Crippen LogP contribution in [0.1, 0.15) is 16.7 Å². The highest BCUT2D eigenvalue weighted by molar-refractivity contribution is 9.11. The molecule has 0 aliphatic carbocycles. The van der Waals surface area contributed by atoms with E-state index in [1.807, 2.05) is 6.20 Å². The van der Waals surface area contributed by atoms with Crippen LogP contribution in [0.25, 0.3) is 0 Å². The maximum absolute atomic E-state index is 12.0. The van der Waals surface area contributed by atoms with E-state index in [0.29, 0.717) is 11.0 Å². The normalized spacial score (nSPS) is 10.7. The molecule has 2 rings (SSSR count). The van der Waals surface area contributed by atoms with Crippen LogP contribution in [-0.2, 0) is 6.54 Å². The fourth-order valence-corrected chi connectivity index (χ4v) is 3.04. The first-order valence-electron chi connectivity index (χ1n) is 5.59. The molecule has 2 aromatic rings. The van der Waals surface area contributed by atoms with Gasteiger partial charge in [-0.2, -0.15) is 0 Å². The number of halogens is 2. The molecule has 1 aromatic heterocycles. The minimum atomic E-state index is -0.0172. The Morgan fingerprint density at radius 1 is 1.11 bits per heavy atom. The van der Waals surface area contributed by atoms with E-state index < -0.39 is 0 Å². The Balaban J connectivity index is 2.40. The summed E-state index contributed by atoms with van der Waals surface area (Å²) in [7, 11) is 0. The largest absolute Gasteiger partial charge is 0.309 e. The van der Waals surface area contributed by atoms with Gasteiger partial charge in [-0.15, -0.1) is 0 Å². The van der Waals surface area contributed by atoms with E-state index in [9.17, 15) is 4.79 Å². The first kappa shape index (κ1) is 13.6. The lowest BCUT2D eigenvalue weighted by molar-refractivity contribution is 0.751. The molecule has 0 saturated heterocycles. The number of nitrogens with zero attached hydrogens (tertiary/aromatic N) is 1. The lowest BCUT2D eigenvalue weighted by Gasteiger charge is -2.09. The van der Waals surface area contributed by atoms with Crippen LogP contribution in [-0.4, -0.2) is 4.57 Å². The molecule has 2 nitrogen and oxygen atoms in total. The van der Waals surface area contributed by atoms with Gasteiger partial charge in [-0.05, 0) is 68.5 Å². The number of hydrogen-bond donors (Lipinski definition) is 0. The Bertz CT molecular complexity index is 647. The van der Waals surface area contributed by atoms with E-state index in [1.54, 1.807) is 10.6 Å². The number of aromatic nitrogens is 1. The van der Waals surface area contributed by atoms with E-state index >= 15 is 0 Å². The summed E-state index contributed by atoms with van der Waals surface area (Å²) < 4.78 is 3.15. The van der Waals surface area contributed by atoms with Crippen LogP contribution < -0.4 is 5.56 Å². The van der Waals surface area contributed by atoms with Crippen molar-refractivity contribution in [3.05, 3.63) is 66.5 Å². The highest BCUT2D eigenvalue weighted by atomic mass is 79.9. The van der Waals surface area contributed by atoms with Gasteiger partial charge in [0.1, 0.15) is 0 Å². The molecule has 0 amide bonds. The summed E-state index contributed by atoms with van der Waals surface area (Å²) in [6.07, 6.45) is 1.81. The van der Waals surface area contributed by atoms with E-state index in [4.69, 9.17) is 0 Å². The molecule has 0 saturated carbocycles. The zero-order valence-electron chi connectivity index (χ0n) is 10.2. The van der Waals surface area contributed by atoms with Gasteiger partial charge in [-0.1, -0.05) is 18.2 Å². The van der Waals surface area contributed by atoms with Crippen LogP contribution in [0, 0.1) is 13.8 Å². The molecule has 0 radical (unpaired) electrons. The SMILES string of the molecule is Cc1ccc(Cn2cc(Br)cc(Br)c2=O)cc1C. The minimum absolute atomic E-state index is 0.0172. The summed E-state index contributed by atoms with van der Waals surface area (Å²) in [5, 5.41) is 0. The molecular weight excluding hydrogens is 358 g/mol. The molecule has 0 spiro atoms. The zero-order chi connectivity index (χ0) is 13.3. The summed E-state index contributed by atoms with van der Waals surface area (Å²) in [5.74, 6) is 0. The third-order valence-corrected chi connectivity index (χ3v) is 3.93. The van der Waals surface area contributed by atoms with Gasteiger partial charge in [0.2, 0.25) is 0 Å². The molecule has 0 atom stereocenters. The topological polar surface area (TPSA) is 22.0 Å². The van der Waals surface area contributed by atoms with Crippen LogP contribution in [0.3, 0.4) is 0 Å². The molecule has 0 aliphatic rings. The van der Waals surface area contributed by atoms with Gasteiger partial charge in [0, 0.05) is 10.7 Å². The van der Waals surface area contributed by atoms with Crippen molar-refractivity contribution in [1.82, 2.24) is 4.57 Å². The molecule has 1 aromatic carbocycles. The van der Waals surface area contributed by atoms with Crippen molar-refractivity contribution in [2.24, 2.45) is 0 Å². The molecule has 94 valence electrons. The first-order chi connectivity index (χ1) is 8.47. The molecule has 18 heavy (non-hydrogen) atoms. The summed E-state index contributed by atoms with van der Waals surface area (Å²) in [6.45, 7) is 4.75. The smallest absolute Gasteiger partial charge is 0.265 e. The second kappa shape index (κ2) is 5.41. The predicted molar refractivity (Wildman–Crippen MR) is 81.1 cm³/mol. The van der Waals surface area contributed by atoms with Crippen LogP contribution in [0.15, 0.2) is 44.2 Å². The van der Waals surface area contributed by atoms with Gasteiger partial charge in [0.15, 0.2) is 0 Å². The lowest BCUT2D eigenvalue weighted by atomic mass is 10.1. The average Bonchev–Trinajstić information content (AvgIpc) is 2.30. The van der Waals surface area contributed by atoms with Crippen LogP contribution in [0.2, 0.25) is 0 Å². The number of rotatable bonds is 2. The third kappa shape index (κ3) is 2.93. The Morgan fingerprint density at radius 2 is 1.83 bits per heavy atom. The van der Waals surface area contributed by atoms with E-state index in [-0.39, 0.29) is 5.56 Å². The number of aryl methyl sites for hydroxylation is 2. The van der Waals surface area contributed by atoms with Gasteiger partial charge in [-0.3, -0.25) is 4.79 Å². The zero-order valence-corrected chi connectivity index (χ0v) is 13.4.